The van der Waals surface area contributed by atoms with Gasteiger partial charge in [-0.25, -0.2) is 14.6 Å². The minimum atomic E-state index is -0.645. The van der Waals surface area contributed by atoms with E-state index in [-0.39, 0.29) is 18.6 Å². The second-order valence-corrected chi connectivity index (χ2v) is 10.5. The fraction of sp³-hybridized carbons (Fsp3) is 0.464. The van der Waals surface area contributed by atoms with Crippen LogP contribution in [0.3, 0.4) is 0 Å². The van der Waals surface area contributed by atoms with Crippen molar-refractivity contribution in [3.05, 3.63) is 65.7 Å². The lowest BCUT2D eigenvalue weighted by molar-refractivity contribution is 0.0122. The van der Waals surface area contributed by atoms with Gasteiger partial charge in [0.15, 0.2) is 0 Å². The van der Waals surface area contributed by atoms with Gasteiger partial charge in [0, 0.05) is 44.0 Å². The lowest BCUT2D eigenvalue weighted by atomic mass is 10.1. The largest absolute Gasteiger partial charge is 0.445 e. The van der Waals surface area contributed by atoms with Crippen molar-refractivity contribution in [2.75, 3.05) is 37.6 Å². The Morgan fingerprint density at radius 2 is 1.59 bits per heavy atom. The van der Waals surface area contributed by atoms with E-state index in [0.29, 0.717) is 44.2 Å². The molecule has 1 saturated carbocycles. The van der Waals surface area contributed by atoms with E-state index in [0.717, 1.165) is 24.1 Å². The van der Waals surface area contributed by atoms with E-state index in [2.05, 4.69) is 10.3 Å². The highest BCUT2D eigenvalue weighted by molar-refractivity contribution is 5.95. The summed E-state index contributed by atoms with van der Waals surface area (Å²) >= 11 is 0. The number of carbonyl (C=O) groups excluding carboxylic acids is 3. The topological polar surface area (TPSA) is 91.4 Å². The Morgan fingerprint density at radius 3 is 2.19 bits per heavy atom. The van der Waals surface area contributed by atoms with Crippen molar-refractivity contribution in [1.29, 1.82) is 0 Å². The highest BCUT2D eigenvalue weighted by atomic mass is 16.6. The third-order valence-electron chi connectivity index (χ3n) is 6.23. The van der Waals surface area contributed by atoms with Gasteiger partial charge in [-0.2, -0.15) is 0 Å². The standard InChI is InChI=1S/C28H36N4O5/c1-28(2,3)37-27(35)32(19-21-9-10-21)29-25(33)23-11-13-24(14-12-23)30-15-17-31(18-16-30)26(34)36-20-22-7-5-4-6-8-22/h4-8,11-14,21H,9-10,15-20H2,1-3H3,(H,29,33). The first-order valence-corrected chi connectivity index (χ1v) is 12.8. The molecule has 1 aliphatic carbocycles. The highest BCUT2D eigenvalue weighted by Crippen LogP contribution is 2.30. The molecule has 0 spiro atoms. The SMILES string of the molecule is CC(C)(C)OC(=O)N(CC1CC1)NC(=O)c1ccc(N2CCN(C(=O)OCc3ccccc3)CC2)cc1. The minimum Gasteiger partial charge on any atom is -0.445 e. The zero-order valence-corrected chi connectivity index (χ0v) is 21.8. The van der Waals surface area contributed by atoms with Crippen molar-refractivity contribution in [3.8, 4) is 0 Å². The number of rotatable bonds is 6. The van der Waals surface area contributed by atoms with Crippen molar-refractivity contribution in [2.45, 2.75) is 45.8 Å². The molecule has 9 nitrogen and oxygen atoms in total. The predicted octanol–water partition coefficient (Wildman–Crippen LogP) is 4.44. The molecule has 37 heavy (non-hydrogen) atoms. The molecule has 1 saturated heterocycles. The second kappa shape index (κ2) is 11.5. The number of nitrogens with one attached hydrogen (secondary N) is 1. The lowest BCUT2D eigenvalue weighted by Crippen LogP contribution is -2.49. The molecular formula is C28H36N4O5. The maximum Gasteiger partial charge on any atom is 0.429 e. The third-order valence-corrected chi connectivity index (χ3v) is 6.23. The summed E-state index contributed by atoms with van der Waals surface area (Å²) in [4.78, 5) is 41.8. The van der Waals surface area contributed by atoms with Gasteiger partial charge >= 0.3 is 12.2 Å². The Morgan fingerprint density at radius 1 is 0.946 bits per heavy atom. The van der Waals surface area contributed by atoms with Crippen LogP contribution in [0.15, 0.2) is 54.6 Å². The van der Waals surface area contributed by atoms with Crippen LogP contribution in [0.25, 0.3) is 0 Å². The first kappa shape index (κ1) is 26.3. The summed E-state index contributed by atoms with van der Waals surface area (Å²) in [6.45, 7) is 8.55. The van der Waals surface area contributed by atoms with Crippen LogP contribution in [0.2, 0.25) is 0 Å². The van der Waals surface area contributed by atoms with E-state index < -0.39 is 11.7 Å². The highest BCUT2D eigenvalue weighted by Gasteiger charge is 2.31. The van der Waals surface area contributed by atoms with E-state index in [1.807, 2.05) is 42.5 Å². The maximum atomic E-state index is 12.9. The molecule has 4 rings (SSSR count). The molecule has 198 valence electrons. The van der Waals surface area contributed by atoms with Gasteiger partial charge in [0.25, 0.3) is 5.91 Å². The smallest absolute Gasteiger partial charge is 0.429 e. The maximum absolute atomic E-state index is 12.9. The van der Waals surface area contributed by atoms with Crippen molar-refractivity contribution in [2.24, 2.45) is 5.92 Å². The molecule has 9 heteroatoms. The molecule has 2 fully saturated rings. The Balaban J connectivity index is 1.27. The number of amides is 3. The summed E-state index contributed by atoms with van der Waals surface area (Å²) in [6, 6.07) is 16.9. The van der Waals surface area contributed by atoms with Crippen LogP contribution in [0.4, 0.5) is 15.3 Å². The average Bonchev–Trinajstić information content (AvgIpc) is 3.71. The minimum absolute atomic E-state index is 0.259. The summed E-state index contributed by atoms with van der Waals surface area (Å²) in [5.74, 6) is 0.0357. The molecule has 0 atom stereocenters. The molecule has 2 aromatic rings. The van der Waals surface area contributed by atoms with Crippen molar-refractivity contribution in [1.82, 2.24) is 15.3 Å². The van der Waals surface area contributed by atoms with Crippen molar-refractivity contribution in [3.63, 3.8) is 0 Å². The van der Waals surface area contributed by atoms with Gasteiger partial charge in [0.2, 0.25) is 0 Å². The molecule has 3 amide bonds. The Kier molecular flexibility index (Phi) is 8.21. The third kappa shape index (κ3) is 7.87. The number of hydrogen-bond donors (Lipinski definition) is 1. The summed E-state index contributed by atoms with van der Waals surface area (Å²) in [5, 5.41) is 1.29. The Labute approximate surface area is 218 Å². The summed E-state index contributed by atoms with van der Waals surface area (Å²) < 4.78 is 10.9. The number of carbonyl (C=O) groups is 3. The quantitative estimate of drug-likeness (QED) is 0.580. The number of piperazine rings is 1. The van der Waals surface area contributed by atoms with Crippen LogP contribution in [0, 0.1) is 5.92 Å². The van der Waals surface area contributed by atoms with Crippen LogP contribution in [0.1, 0.15) is 49.5 Å². The number of nitrogens with zero attached hydrogens (tertiary/aromatic N) is 3. The van der Waals surface area contributed by atoms with Gasteiger partial charge in [-0.1, -0.05) is 30.3 Å². The molecule has 0 aromatic heterocycles. The molecular weight excluding hydrogens is 472 g/mol. The summed E-state index contributed by atoms with van der Waals surface area (Å²) in [6.07, 6.45) is 1.23. The normalized spacial score (nSPS) is 15.6. The summed E-state index contributed by atoms with van der Waals surface area (Å²) in [7, 11) is 0. The summed E-state index contributed by atoms with van der Waals surface area (Å²) in [5.41, 5.74) is 4.45. The first-order valence-electron chi connectivity index (χ1n) is 12.8. The molecule has 1 heterocycles. The van der Waals surface area contributed by atoms with Gasteiger partial charge in [-0.15, -0.1) is 0 Å². The van der Waals surface area contributed by atoms with Crippen LogP contribution in [0.5, 0.6) is 0 Å². The van der Waals surface area contributed by atoms with Crippen LogP contribution in [-0.4, -0.2) is 66.3 Å². The predicted molar refractivity (Wildman–Crippen MR) is 140 cm³/mol. The Bertz CT molecular complexity index is 1070. The molecule has 0 bridgehead atoms. The van der Waals surface area contributed by atoms with E-state index in [1.54, 1.807) is 37.8 Å². The number of ether oxygens (including phenoxy) is 2. The molecule has 1 N–H and O–H groups in total. The second-order valence-electron chi connectivity index (χ2n) is 10.5. The van der Waals surface area contributed by atoms with E-state index >= 15 is 0 Å². The fourth-order valence-corrected chi connectivity index (χ4v) is 4.01. The number of anilines is 1. The van der Waals surface area contributed by atoms with Gasteiger partial charge in [0.1, 0.15) is 12.2 Å². The number of hydrogen-bond acceptors (Lipinski definition) is 6. The fourth-order valence-electron chi connectivity index (χ4n) is 4.01. The van der Waals surface area contributed by atoms with Gasteiger partial charge in [-0.3, -0.25) is 10.2 Å². The van der Waals surface area contributed by atoms with Crippen molar-refractivity contribution >= 4 is 23.8 Å². The van der Waals surface area contributed by atoms with E-state index in [4.69, 9.17) is 9.47 Å². The number of hydrazine groups is 1. The molecule has 2 aromatic carbocycles. The monoisotopic (exact) mass is 508 g/mol. The van der Waals surface area contributed by atoms with Crippen LogP contribution in [-0.2, 0) is 16.1 Å². The van der Waals surface area contributed by atoms with E-state index in [1.165, 1.54) is 5.01 Å². The molecule has 2 aliphatic rings. The first-order chi connectivity index (χ1) is 17.7. The van der Waals surface area contributed by atoms with Crippen LogP contribution < -0.4 is 10.3 Å². The lowest BCUT2D eigenvalue weighted by Gasteiger charge is -2.35. The number of benzene rings is 2. The Hall–Kier alpha value is -3.75. The van der Waals surface area contributed by atoms with E-state index in [9.17, 15) is 14.4 Å². The average molecular weight is 509 g/mol. The van der Waals surface area contributed by atoms with Gasteiger partial charge < -0.3 is 19.3 Å². The molecule has 0 radical (unpaired) electrons. The zero-order chi connectivity index (χ0) is 26.4. The molecule has 1 aliphatic heterocycles. The zero-order valence-electron chi connectivity index (χ0n) is 21.8. The van der Waals surface area contributed by atoms with Crippen LogP contribution >= 0.6 is 0 Å². The molecule has 0 unspecified atom stereocenters. The van der Waals surface area contributed by atoms with Crippen molar-refractivity contribution < 1.29 is 23.9 Å². The van der Waals surface area contributed by atoms with Gasteiger partial charge in [0.05, 0.1) is 0 Å². The van der Waals surface area contributed by atoms with Gasteiger partial charge in [-0.05, 0) is 69.4 Å².